The summed E-state index contributed by atoms with van der Waals surface area (Å²) < 4.78 is 0. The Kier molecular flexibility index (Phi) is 13.7. The van der Waals surface area contributed by atoms with Crippen molar-refractivity contribution in [2.75, 3.05) is 12.0 Å². The van der Waals surface area contributed by atoms with Crippen LogP contribution in [0.3, 0.4) is 0 Å². The number of nitrogens with two attached hydrogens (primary N) is 1. The Morgan fingerprint density at radius 2 is 1.38 bits per heavy atom. The summed E-state index contributed by atoms with van der Waals surface area (Å²) in [5.41, 5.74) is 6.37. The van der Waals surface area contributed by atoms with Gasteiger partial charge in [0.15, 0.2) is 0 Å². The minimum absolute atomic E-state index is 0.0447. The number of rotatable bonds is 17. The van der Waals surface area contributed by atoms with E-state index in [1.165, 1.54) is 11.8 Å². The van der Waals surface area contributed by atoms with Crippen molar-refractivity contribution in [3.05, 3.63) is 35.9 Å². The molecule has 14 heteroatoms. The first-order valence-corrected chi connectivity index (χ1v) is 12.7. The summed E-state index contributed by atoms with van der Waals surface area (Å²) in [4.78, 5) is 72.0. The molecule has 0 radical (unpaired) electrons. The second kappa shape index (κ2) is 16.2. The van der Waals surface area contributed by atoms with Gasteiger partial charge in [0.2, 0.25) is 17.7 Å². The molecule has 0 fully saturated rings. The van der Waals surface area contributed by atoms with Gasteiger partial charge >= 0.3 is 17.9 Å². The maximum atomic E-state index is 13.1. The molecule has 37 heavy (non-hydrogen) atoms. The first kappa shape index (κ1) is 31.4. The lowest BCUT2D eigenvalue weighted by Crippen LogP contribution is -2.58. The highest BCUT2D eigenvalue weighted by atomic mass is 32.2. The van der Waals surface area contributed by atoms with Gasteiger partial charge in [-0.2, -0.15) is 11.8 Å². The number of carboxylic acid groups (broad SMARTS) is 3. The molecule has 0 spiro atoms. The van der Waals surface area contributed by atoms with Gasteiger partial charge < -0.3 is 37.0 Å². The monoisotopic (exact) mass is 540 g/mol. The maximum Gasteiger partial charge on any atom is 0.326 e. The van der Waals surface area contributed by atoms with E-state index in [4.69, 9.17) is 10.8 Å². The molecule has 0 bridgehead atoms. The zero-order valence-corrected chi connectivity index (χ0v) is 21.0. The molecule has 204 valence electrons. The molecule has 0 saturated heterocycles. The highest BCUT2D eigenvalue weighted by molar-refractivity contribution is 7.98. The molecule has 1 rings (SSSR count). The standard InChI is InChI=1S/C23H32N4O9S/c1-37-10-9-15(23(35)36)25-22(34)17(12-19(30)31)27-21(33)16(11-13-5-3-2-4-6-13)26-20(32)14(24)7-8-18(28)29/h2-6,14-17H,7-12,24H2,1H3,(H,25,34)(H,26,32)(H,27,33)(H,28,29)(H,30,31)(H,35,36). The van der Waals surface area contributed by atoms with Gasteiger partial charge in [0.1, 0.15) is 18.1 Å². The lowest BCUT2D eigenvalue weighted by atomic mass is 10.0. The molecular formula is C23H32N4O9S. The third-order valence-corrected chi connectivity index (χ3v) is 5.80. The van der Waals surface area contributed by atoms with Crippen LogP contribution in [-0.4, -0.2) is 87.1 Å². The Balaban J connectivity index is 3.08. The summed E-state index contributed by atoms with van der Waals surface area (Å²) in [6.45, 7) is 0. The molecule has 4 unspecified atom stereocenters. The smallest absolute Gasteiger partial charge is 0.326 e. The molecule has 1 aromatic carbocycles. The van der Waals surface area contributed by atoms with Crippen LogP contribution in [0.1, 0.15) is 31.2 Å². The van der Waals surface area contributed by atoms with Crippen LogP contribution >= 0.6 is 11.8 Å². The lowest BCUT2D eigenvalue weighted by Gasteiger charge is -2.24. The van der Waals surface area contributed by atoms with E-state index in [0.717, 1.165) is 0 Å². The molecule has 0 aliphatic rings. The van der Waals surface area contributed by atoms with E-state index in [0.29, 0.717) is 11.3 Å². The van der Waals surface area contributed by atoms with E-state index in [-0.39, 0.29) is 25.7 Å². The number of carboxylic acids is 3. The minimum Gasteiger partial charge on any atom is -0.481 e. The molecule has 4 atom stereocenters. The van der Waals surface area contributed by atoms with Crippen LogP contribution in [0.25, 0.3) is 0 Å². The Morgan fingerprint density at radius 3 is 1.92 bits per heavy atom. The third-order valence-electron chi connectivity index (χ3n) is 5.16. The number of thioether (sulfide) groups is 1. The van der Waals surface area contributed by atoms with E-state index in [9.17, 15) is 39.0 Å². The van der Waals surface area contributed by atoms with Gasteiger partial charge in [0, 0.05) is 12.8 Å². The first-order chi connectivity index (χ1) is 17.4. The van der Waals surface area contributed by atoms with Crippen molar-refractivity contribution < 1.29 is 44.1 Å². The van der Waals surface area contributed by atoms with E-state index >= 15 is 0 Å². The van der Waals surface area contributed by atoms with Gasteiger partial charge in [-0.25, -0.2) is 4.79 Å². The predicted octanol–water partition coefficient (Wildman–Crippen LogP) is -0.812. The summed E-state index contributed by atoms with van der Waals surface area (Å²) in [7, 11) is 0. The van der Waals surface area contributed by atoms with Crippen molar-refractivity contribution in [2.24, 2.45) is 5.73 Å². The van der Waals surface area contributed by atoms with Crippen molar-refractivity contribution in [3.63, 3.8) is 0 Å². The largest absolute Gasteiger partial charge is 0.481 e. The lowest BCUT2D eigenvalue weighted by molar-refractivity contribution is -0.144. The van der Waals surface area contributed by atoms with Crippen molar-refractivity contribution >= 4 is 47.4 Å². The number of carbonyl (C=O) groups is 6. The number of aliphatic carboxylic acids is 3. The highest BCUT2D eigenvalue weighted by Crippen LogP contribution is 2.07. The van der Waals surface area contributed by atoms with Crippen LogP contribution in [0.4, 0.5) is 0 Å². The topological polar surface area (TPSA) is 225 Å². The van der Waals surface area contributed by atoms with Crippen LogP contribution in [0.2, 0.25) is 0 Å². The molecule has 13 nitrogen and oxygen atoms in total. The fourth-order valence-corrected chi connectivity index (χ4v) is 3.64. The zero-order valence-electron chi connectivity index (χ0n) is 20.2. The van der Waals surface area contributed by atoms with Crippen molar-refractivity contribution in [3.8, 4) is 0 Å². The predicted molar refractivity (Wildman–Crippen MR) is 134 cm³/mol. The number of hydrogen-bond acceptors (Lipinski definition) is 8. The average molecular weight is 541 g/mol. The minimum atomic E-state index is -1.63. The summed E-state index contributed by atoms with van der Waals surface area (Å²) in [5, 5.41) is 34.4. The summed E-state index contributed by atoms with van der Waals surface area (Å²) in [6, 6.07) is 3.06. The summed E-state index contributed by atoms with van der Waals surface area (Å²) in [6.07, 6.45) is 0.400. The number of hydrogen-bond donors (Lipinski definition) is 7. The molecule has 0 saturated carbocycles. The van der Waals surface area contributed by atoms with Crippen LogP contribution in [0, 0.1) is 0 Å². The van der Waals surface area contributed by atoms with Crippen LogP contribution in [0.15, 0.2) is 30.3 Å². The maximum absolute atomic E-state index is 13.1. The molecule has 3 amide bonds. The van der Waals surface area contributed by atoms with Gasteiger partial charge in [-0.15, -0.1) is 0 Å². The van der Waals surface area contributed by atoms with E-state index < -0.39 is 66.2 Å². The second-order valence-corrected chi connectivity index (χ2v) is 9.12. The van der Waals surface area contributed by atoms with Crippen molar-refractivity contribution in [2.45, 2.75) is 56.3 Å². The van der Waals surface area contributed by atoms with Crippen molar-refractivity contribution in [1.82, 2.24) is 16.0 Å². The Hall–Kier alpha value is -3.65. The van der Waals surface area contributed by atoms with E-state index in [1.807, 2.05) is 0 Å². The van der Waals surface area contributed by atoms with Gasteiger partial charge in [0.25, 0.3) is 0 Å². The third kappa shape index (κ3) is 12.2. The van der Waals surface area contributed by atoms with E-state index in [1.54, 1.807) is 36.6 Å². The molecule has 0 aliphatic carbocycles. The Morgan fingerprint density at radius 1 is 0.811 bits per heavy atom. The SMILES string of the molecule is CSCCC(NC(=O)C(CC(=O)O)NC(=O)C(Cc1ccccc1)NC(=O)C(N)CCC(=O)O)C(=O)O. The quantitative estimate of drug-likeness (QED) is 0.129. The van der Waals surface area contributed by atoms with Gasteiger partial charge in [-0.1, -0.05) is 30.3 Å². The second-order valence-electron chi connectivity index (χ2n) is 8.13. The molecular weight excluding hydrogens is 508 g/mol. The Labute approximate surface area is 217 Å². The number of carbonyl (C=O) groups excluding carboxylic acids is 3. The van der Waals surface area contributed by atoms with Crippen LogP contribution in [-0.2, 0) is 35.2 Å². The number of amides is 3. The average Bonchev–Trinajstić information content (AvgIpc) is 2.84. The molecule has 0 aliphatic heterocycles. The Bertz CT molecular complexity index is 961. The summed E-state index contributed by atoms with van der Waals surface area (Å²) in [5.74, 6) is -6.18. The van der Waals surface area contributed by atoms with Gasteiger partial charge in [0.05, 0.1) is 12.5 Å². The molecule has 8 N–H and O–H groups in total. The van der Waals surface area contributed by atoms with Crippen LogP contribution in [0.5, 0.6) is 0 Å². The van der Waals surface area contributed by atoms with Crippen LogP contribution < -0.4 is 21.7 Å². The van der Waals surface area contributed by atoms with E-state index in [2.05, 4.69) is 16.0 Å². The molecule has 0 heterocycles. The molecule has 0 aromatic heterocycles. The first-order valence-electron chi connectivity index (χ1n) is 11.3. The number of benzene rings is 1. The van der Waals surface area contributed by atoms with Gasteiger partial charge in [-0.3, -0.25) is 24.0 Å². The zero-order chi connectivity index (χ0) is 28.0. The van der Waals surface area contributed by atoms with Gasteiger partial charge in [-0.05, 0) is 30.4 Å². The fraction of sp³-hybridized carbons (Fsp3) is 0.478. The number of nitrogens with one attached hydrogen (secondary N) is 3. The molecule has 1 aromatic rings. The fourth-order valence-electron chi connectivity index (χ4n) is 3.17. The van der Waals surface area contributed by atoms with Crippen molar-refractivity contribution in [1.29, 1.82) is 0 Å². The highest BCUT2D eigenvalue weighted by Gasteiger charge is 2.31. The normalized spacial score (nSPS) is 13.9. The summed E-state index contributed by atoms with van der Waals surface area (Å²) >= 11 is 1.36.